The van der Waals surface area contributed by atoms with Gasteiger partial charge in [0.05, 0.1) is 18.6 Å². The molecular weight excluding hydrogens is 206 g/mol. The molecule has 80 valence electrons. The number of nitrogens with one attached hydrogen (secondary N) is 2. The van der Waals surface area contributed by atoms with Gasteiger partial charge < -0.3 is 21.1 Å². The van der Waals surface area contributed by atoms with Gasteiger partial charge in [0.1, 0.15) is 6.54 Å². The van der Waals surface area contributed by atoms with Crippen LogP contribution >= 0.6 is 12.2 Å². The number of carbonyl (C=O) groups is 2. The Hall–Kier alpha value is -1.21. The number of amides is 1. The summed E-state index contributed by atoms with van der Waals surface area (Å²) in [7, 11) is 1.25. The third-order valence-electron chi connectivity index (χ3n) is 1.29. The quantitative estimate of drug-likeness (QED) is 0.371. The summed E-state index contributed by atoms with van der Waals surface area (Å²) in [5, 5.41) is 4.95. The first-order valence-electron chi connectivity index (χ1n) is 3.90. The molecule has 0 aliphatic rings. The number of thiocarbonyl (C=S) groups is 1. The van der Waals surface area contributed by atoms with Crippen molar-refractivity contribution in [3.05, 3.63) is 0 Å². The number of hydrogen-bond acceptors (Lipinski definition) is 5. The first-order chi connectivity index (χ1) is 6.60. The lowest BCUT2D eigenvalue weighted by Crippen LogP contribution is -2.40. The summed E-state index contributed by atoms with van der Waals surface area (Å²) in [6.07, 6.45) is 0. The van der Waals surface area contributed by atoms with Crippen molar-refractivity contribution in [1.82, 2.24) is 10.6 Å². The average Bonchev–Trinajstić information content (AvgIpc) is 2.22. The molecule has 4 N–H and O–H groups in total. The Kier molecular flexibility index (Phi) is 6.59. The van der Waals surface area contributed by atoms with E-state index in [9.17, 15) is 9.59 Å². The van der Waals surface area contributed by atoms with Gasteiger partial charge in [-0.05, 0) is 0 Å². The standard InChI is InChI=1S/C7H13N3O3S/c1-13-7(12)4-9-5(11)3-10-6(14)2-8/h2-4,8H2,1H3,(H,9,11)(H,10,14). The van der Waals surface area contributed by atoms with E-state index in [1.165, 1.54) is 7.11 Å². The first kappa shape index (κ1) is 12.8. The molecule has 1 amide bonds. The Balaban J connectivity index is 3.56. The lowest BCUT2D eigenvalue weighted by atomic mass is 10.5. The van der Waals surface area contributed by atoms with Gasteiger partial charge in [0, 0.05) is 6.54 Å². The molecule has 6 nitrogen and oxygen atoms in total. The molecule has 0 atom stereocenters. The average molecular weight is 219 g/mol. The van der Waals surface area contributed by atoms with Crippen LogP contribution in [-0.2, 0) is 14.3 Å². The fourth-order valence-corrected chi connectivity index (χ4v) is 0.629. The Morgan fingerprint density at radius 2 is 2.00 bits per heavy atom. The van der Waals surface area contributed by atoms with E-state index in [0.29, 0.717) is 4.99 Å². The van der Waals surface area contributed by atoms with Gasteiger partial charge in [0.25, 0.3) is 0 Å². The molecule has 0 aliphatic carbocycles. The van der Waals surface area contributed by atoms with Gasteiger partial charge in [-0.25, -0.2) is 0 Å². The summed E-state index contributed by atoms with van der Waals surface area (Å²) in [4.78, 5) is 22.0. The molecule has 0 saturated carbocycles. The second kappa shape index (κ2) is 7.22. The highest BCUT2D eigenvalue weighted by Gasteiger charge is 2.04. The van der Waals surface area contributed by atoms with Crippen molar-refractivity contribution in [2.24, 2.45) is 5.73 Å². The van der Waals surface area contributed by atoms with Crippen molar-refractivity contribution in [3.8, 4) is 0 Å². The fraction of sp³-hybridized carbons (Fsp3) is 0.571. The molecule has 0 spiro atoms. The third kappa shape index (κ3) is 6.32. The maximum absolute atomic E-state index is 11.0. The maximum atomic E-state index is 11.0. The smallest absolute Gasteiger partial charge is 0.325 e. The number of nitrogens with two attached hydrogens (primary N) is 1. The van der Waals surface area contributed by atoms with Gasteiger partial charge >= 0.3 is 5.97 Å². The molecule has 0 heterocycles. The van der Waals surface area contributed by atoms with E-state index < -0.39 is 5.97 Å². The van der Waals surface area contributed by atoms with Gasteiger partial charge in [-0.2, -0.15) is 0 Å². The molecule has 0 aromatic carbocycles. The van der Waals surface area contributed by atoms with Crippen LogP contribution in [-0.4, -0.2) is 43.6 Å². The maximum Gasteiger partial charge on any atom is 0.325 e. The monoisotopic (exact) mass is 219 g/mol. The Bertz CT molecular complexity index is 210. The summed E-state index contributed by atoms with van der Waals surface area (Å²) >= 11 is 4.72. The highest BCUT2D eigenvalue weighted by atomic mass is 32.1. The van der Waals surface area contributed by atoms with Crippen LogP contribution in [0.4, 0.5) is 0 Å². The molecule has 0 aliphatic heterocycles. The molecule has 0 bridgehead atoms. The van der Waals surface area contributed by atoms with Crippen molar-refractivity contribution in [2.45, 2.75) is 0 Å². The summed E-state index contributed by atoms with van der Waals surface area (Å²) in [5.41, 5.74) is 5.19. The molecule has 0 radical (unpaired) electrons. The van der Waals surface area contributed by atoms with Gasteiger partial charge in [-0.3, -0.25) is 9.59 Å². The predicted octanol–water partition coefficient (Wildman–Crippen LogP) is -1.85. The number of carbonyl (C=O) groups excluding carboxylic acids is 2. The lowest BCUT2D eigenvalue weighted by molar-refractivity contribution is -0.141. The Morgan fingerprint density at radius 1 is 1.36 bits per heavy atom. The normalized spacial score (nSPS) is 9.00. The van der Waals surface area contributed by atoms with Crippen molar-refractivity contribution >= 4 is 29.1 Å². The van der Waals surface area contributed by atoms with Crippen LogP contribution in [0.1, 0.15) is 0 Å². The van der Waals surface area contributed by atoms with E-state index in [2.05, 4.69) is 15.4 Å². The van der Waals surface area contributed by atoms with E-state index >= 15 is 0 Å². The molecule has 0 unspecified atom stereocenters. The summed E-state index contributed by atoms with van der Waals surface area (Å²) in [5.74, 6) is -0.842. The Labute approximate surface area is 87.2 Å². The number of ether oxygens (including phenoxy) is 1. The van der Waals surface area contributed by atoms with Crippen LogP contribution in [0.15, 0.2) is 0 Å². The largest absolute Gasteiger partial charge is 0.468 e. The van der Waals surface area contributed by atoms with Crippen LogP contribution in [0.5, 0.6) is 0 Å². The van der Waals surface area contributed by atoms with E-state index in [0.717, 1.165) is 0 Å². The van der Waals surface area contributed by atoms with Crippen molar-refractivity contribution in [1.29, 1.82) is 0 Å². The number of rotatable bonds is 5. The van der Waals surface area contributed by atoms with E-state index in [1.54, 1.807) is 0 Å². The molecule has 0 saturated heterocycles. The molecule has 0 fully saturated rings. The van der Waals surface area contributed by atoms with Crippen LogP contribution in [0, 0.1) is 0 Å². The molecule has 0 rings (SSSR count). The lowest BCUT2D eigenvalue weighted by Gasteiger charge is -2.06. The van der Waals surface area contributed by atoms with E-state index in [-0.39, 0.29) is 25.5 Å². The SMILES string of the molecule is COC(=O)CNC(=O)CNC(=S)CN. The zero-order chi connectivity index (χ0) is 11.0. The van der Waals surface area contributed by atoms with Crippen molar-refractivity contribution in [3.63, 3.8) is 0 Å². The van der Waals surface area contributed by atoms with Crippen LogP contribution in [0.25, 0.3) is 0 Å². The van der Waals surface area contributed by atoms with Gasteiger partial charge in [0.15, 0.2) is 0 Å². The zero-order valence-corrected chi connectivity index (χ0v) is 8.65. The highest BCUT2D eigenvalue weighted by Crippen LogP contribution is 1.72. The van der Waals surface area contributed by atoms with Gasteiger partial charge in [0.2, 0.25) is 5.91 Å². The van der Waals surface area contributed by atoms with Gasteiger partial charge in [-0.15, -0.1) is 0 Å². The second-order valence-corrected chi connectivity index (χ2v) is 2.83. The van der Waals surface area contributed by atoms with Crippen molar-refractivity contribution in [2.75, 3.05) is 26.7 Å². The van der Waals surface area contributed by atoms with E-state index in [4.69, 9.17) is 18.0 Å². The highest BCUT2D eigenvalue weighted by molar-refractivity contribution is 7.80. The number of hydrogen-bond donors (Lipinski definition) is 3. The zero-order valence-electron chi connectivity index (χ0n) is 7.83. The number of esters is 1. The molecule has 7 heteroatoms. The van der Waals surface area contributed by atoms with Crippen LogP contribution < -0.4 is 16.4 Å². The minimum Gasteiger partial charge on any atom is -0.468 e. The van der Waals surface area contributed by atoms with Crippen LogP contribution in [0.2, 0.25) is 0 Å². The molecule has 0 aromatic rings. The summed E-state index contributed by atoms with van der Waals surface area (Å²) < 4.78 is 4.33. The Morgan fingerprint density at radius 3 is 2.50 bits per heavy atom. The third-order valence-corrected chi connectivity index (χ3v) is 1.60. The number of methoxy groups -OCH3 is 1. The summed E-state index contributed by atoms with van der Waals surface area (Å²) in [6.45, 7) is 0.0546. The molecule has 14 heavy (non-hydrogen) atoms. The predicted molar refractivity (Wildman–Crippen MR) is 54.7 cm³/mol. The molecular formula is C7H13N3O3S. The topological polar surface area (TPSA) is 93.4 Å². The summed E-state index contributed by atoms with van der Waals surface area (Å²) in [6, 6.07) is 0. The van der Waals surface area contributed by atoms with E-state index in [1.807, 2.05) is 0 Å². The minimum atomic E-state index is -0.500. The van der Waals surface area contributed by atoms with Gasteiger partial charge in [-0.1, -0.05) is 12.2 Å². The minimum absolute atomic E-state index is 0.00697. The fourth-order valence-electron chi connectivity index (χ4n) is 0.556. The molecule has 0 aromatic heterocycles. The second-order valence-electron chi connectivity index (χ2n) is 2.33. The van der Waals surface area contributed by atoms with Crippen molar-refractivity contribution < 1.29 is 14.3 Å². The van der Waals surface area contributed by atoms with Crippen LogP contribution in [0.3, 0.4) is 0 Å². The first-order valence-corrected chi connectivity index (χ1v) is 4.31.